The molecule has 1 fully saturated rings. The average molecular weight is 437 g/mol. The fourth-order valence-electron chi connectivity index (χ4n) is 3.27. The number of hydrogen-bond donors (Lipinski definition) is 1. The first-order valence-electron chi connectivity index (χ1n) is 9.27. The summed E-state index contributed by atoms with van der Waals surface area (Å²) < 4.78 is 19.7. The minimum Gasteiger partial charge on any atom is -0.478 e. The Morgan fingerprint density at radius 3 is 2.65 bits per heavy atom. The first kappa shape index (κ1) is 20.6. The summed E-state index contributed by atoms with van der Waals surface area (Å²) in [7, 11) is 0. The number of imide groups is 1. The Hall–Kier alpha value is -3.65. The highest BCUT2D eigenvalue weighted by atomic mass is 32.2. The van der Waals surface area contributed by atoms with Crippen LogP contribution < -0.4 is 0 Å². The summed E-state index contributed by atoms with van der Waals surface area (Å²) in [6, 6.07) is 14.2. The zero-order valence-electron chi connectivity index (χ0n) is 16.3. The molecular formula is C23H16FNO5S. The Morgan fingerprint density at radius 1 is 1.13 bits per heavy atom. The summed E-state index contributed by atoms with van der Waals surface area (Å²) >= 11 is 0.755. The van der Waals surface area contributed by atoms with Crippen molar-refractivity contribution in [1.29, 1.82) is 0 Å². The highest BCUT2D eigenvalue weighted by molar-refractivity contribution is 8.18. The number of carboxylic acids is 1. The molecule has 2 amide bonds. The molecule has 4 rings (SSSR count). The van der Waals surface area contributed by atoms with Gasteiger partial charge in [0.05, 0.1) is 17.0 Å². The van der Waals surface area contributed by atoms with Crippen LogP contribution in [0, 0.1) is 12.7 Å². The van der Waals surface area contributed by atoms with Crippen LogP contribution in [0.1, 0.15) is 27.2 Å². The maximum atomic E-state index is 13.9. The van der Waals surface area contributed by atoms with Crippen molar-refractivity contribution >= 4 is 35.0 Å². The van der Waals surface area contributed by atoms with Crippen LogP contribution in [-0.4, -0.2) is 27.1 Å². The molecule has 0 atom stereocenters. The molecule has 0 unspecified atom stereocenters. The number of aromatic carboxylic acids is 1. The predicted octanol–water partition coefficient (Wildman–Crippen LogP) is 5.33. The standard InChI is InChI=1S/C23H16FNO5S/c1-13-16(6-4-7-17(13)22(27)28)19-10-9-15(30-19)11-20-21(26)25(23(29)31-20)12-14-5-2-3-8-18(14)24/h2-11H,12H2,1H3,(H,27,28)/b20-11+. The normalized spacial score (nSPS) is 15.2. The van der Waals surface area contributed by atoms with Gasteiger partial charge in [-0.25, -0.2) is 9.18 Å². The van der Waals surface area contributed by atoms with Gasteiger partial charge < -0.3 is 9.52 Å². The fourth-order valence-corrected chi connectivity index (χ4v) is 4.09. The minimum atomic E-state index is -1.03. The third-order valence-electron chi connectivity index (χ3n) is 4.89. The fraction of sp³-hybridized carbons (Fsp3) is 0.0870. The van der Waals surface area contributed by atoms with Crippen molar-refractivity contribution in [2.75, 3.05) is 0 Å². The van der Waals surface area contributed by atoms with Crippen LogP contribution in [0.4, 0.5) is 9.18 Å². The van der Waals surface area contributed by atoms with Crippen molar-refractivity contribution < 1.29 is 28.3 Å². The van der Waals surface area contributed by atoms with Crippen LogP contribution >= 0.6 is 11.8 Å². The number of nitrogens with zero attached hydrogens (tertiary/aromatic N) is 1. The second kappa shape index (κ2) is 8.23. The van der Waals surface area contributed by atoms with E-state index >= 15 is 0 Å². The van der Waals surface area contributed by atoms with E-state index in [0.29, 0.717) is 22.6 Å². The average Bonchev–Trinajstić information content (AvgIpc) is 3.29. The van der Waals surface area contributed by atoms with Crippen LogP contribution in [0.5, 0.6) is 0 Å². The lowest BCUT2D eigenvalue weighted by Crippen LogP contribution is -2.27. The Balaban J connectivity index is 1.58. The van der Waals surface area contributed by atoms with E-state index < -0.39 is 22.9 Å². The van der Waals surface area contributed by atoms with E-state index in [-0.39, 0.29) is 22.6 Å². The van der Waals surface area contributed by atoms with Gasteiger partial charge in [-0.05, 0) is 48.5 Å². The molecule has 8 heteroatoms. The number of carbonyl (C=O) groups excluding carboxylic acids is 2. The van der Waals surface area contributed by atoms with Gasteiger partial charge in [-0.2, -0.15) is 0 Å². The Bertz CT molecular complexity index is 1250. The van der Waals surface area contributed by atoms with Crippen LogP contribution in [0.2, 0.25) is 0 Å². The molecule has 31 heavy (non-hydrogen) atoms. The number of benzene rings is 2. The number of halogens is 1. The van der Waals surface area contributed by atoms with Crippen LogP contribution in [0.3, 0.4) is 0 Å². The van der Waals surface area contributed by atoms with Gasteiger partial charge in [0.1, 0.15) is 17.3 Å². The molecule has 0 spiro atoms. The molecule has 1 aliphatic heterocycles. The van der Waals surface area contributed by atoms with Crippen molar-refractivity contribution in [2.45, 2.75) is 13.5 Å². The van der Waals surface area contributed by atoms with Crippen LogP contribution in [-0.2, 0) is 11.3 Å². The molecule has 0 bridgehead atoms. The molecule has 6 nitrogen and oxygen atoms in total. The monoisotopic (exact) mass is 437 g/mol. The first-order valence-corrected chi connectivity index (χ1v) is 10.1. The quantitative estimate of drug-likeness (QED) is 0.543. The molecular weight excluding hydrogens is 421 g/mol. The molecule has 0 radical (unpaired) electrons. The van der Waals surface area contributed by atoms with E-state index in [2.05, 4.69) is 0 Å². The van der Waals surface area contributed by atoms with Crippen molar-refractivity contribution in [3.05, 3.63) is 87.8 Å². The number of thioether (sulfide) groups is 1. The van der Waals surface area contributed by atoms with E-state index in [1.807, 2.05) is 0 Å². The zero-order valence-corrected chi connectivity index (χ0v) is 17.1. The van der Waals surface area contributed by atoms with Crippen molar-refractivity contribution in [1.82, 2.24) is 4.90 Å². The number of furan rings is 1. The zero-order chi connectivity index (χ0) is 22.1. The van der Waals surface area contributed by atoms with E-state index in [1.54, 1.807) is 37.3 Å². The lowest BCUT2D eigenvalue weighted by Gasteiger charge is -2.12. The Kier molecular flexibility index (Phi) is 5.48. The minimum absolute atomic E-state index is 0.154. The van der Waals surface area contributed by atoms with Gasteiger partial charge in [0.2, 0.25) is 0 Å². The molecule has 0 aliphatic carbocycles. The molecule has 0 saturated carbocycles. The number of amides is 2. The summed E-state index contributed by atoms with van der Waals surface area (Å²) in [5, 5.41) is 8.80. The smallest absolute Gasteiger partial charge is 0.335 e. The van der Waals surface area contributed by atoms with E-state index in [0.717, 1.165) is 16.7 Å². The predicted molar refractivity (Wildman–Crippen MR) is 114 cm³/mol. The molecule has 2 heterocycles. The number of carboxylic acid groups (broad SMARTS) is 1. The Labute approximate surface area is 181 Å². The maximum absolute atomic E-state index is 13.9. The molecule has 1 saturated heterocycles. The molecule has 2 aromatic carbocycles. The molecule has 1 aliphatic rings. The first-order chi connectivity index (χ1) is 14.8. The van der Waals surface area contributed by atoms with Gasteiger partial charge in [-0.15, -0.1) is 0 Å². The van der Waals surface area contributed by atoms with Crippen LogP contribution in [0.25, 0.3) is 17.4 Å². The van der Waals surface area contributed by atoms with Gasteiger partial charge in [-0.1, -0.05) is 30.3 Å². The van der Waals surface area contributed by atoms with E-state index in [9.17, 15) is 23.9 Å². The molecule has 1 N–H and O–H groups in total. The van der Waals surface area contributed by atoms with Crippen molar-refractivity contribution in [3.8, 4) is 11.3 Å². The van der Waals surface area contributed by atoms with Crippen molar-refractivity contribution in [3.63, 3.8) is 0 Å². The largest absolute Gasteiger partial charge is 0.478 e. The van der Waals surface area contributed by atoms with Gasteiger partial charge in [0.25, 0.3) is 11.1 Å². The third kappa shape index (κ3) is 4.02. The SMILES string of the molecule is Cc1c(C(=O)O)cccc1-c1ccc(/C=C2/SC(=O)N(Cc3ccccc3F)C2=O)o1. The highest BCUT2D eigenvalue weighted by Gasteiger charge is 2.35. The molecule has 156 valence electrons. The topological polar surface area (TPSA) is 87.8 Å². The second-order valence-electron chi connectivity index (χ2n) is 6.84. The molecule has 1 aromatic heterocycles. The lowest BCUT2D eigenvalue weighted by molar-refractivity contribution is -0.123. The summed E-state index contributed by atoms with van der Waals surface area (Å²) in [6.07, 6.45) is 1.45. The van der Waals surface area contributed by atoms with Gasteiger partial charge >= 0.3 is 5.97 Å². The summed E-state index contributed by atoms with van der Waals surface area (Å²) in [4.78, 5) is 37.5. The van der Waals surface area contributed by atoms with Gasteiger partial charge in [-0.3, -0.25) is 14.5 Å². The number of hydrogen-bond acceptors (Lipinski definition) is 5. The second-order valence-corrected chi connectivity index (χ2v) is 7.84. The van der Waals surface area contributed by atoms with Crippen LogP contribution in [0.15, 0.2) is 63.9 Å². The van der Waals surface area contributed by atoms with Gasteiger partial charge in [0.15, 0.2) is 0 Å². The number of carbonyl (C=O) groups is 3. The number of rotatable bonds is 5. The highest BCUT2D eigenvalue weighted by Crippen LogP contribution is 2.35. The van der Waals surface area contributed by atoms with E-state index in [4.69, 9.17) is 4.42 Å². The Morgan fingerprint density at radius 2 is 1.90 bits per heavy atom. The summed E-state index contributed by atoms with van der Waals surface area (Å²) in [5.41, 5.74) is 1.60. The maximum Gasteiger partial charge on any atom is 0.335 e. The third-order valence-corrected chi connectivity index (χ3v) is 5.80. The van der Waals surface area contributed by atoms with E-state index in [1.165, 1.54) is 30.3 Å². The summed E-state index contributed by atoms with van der Waals surface area (Å²) in [5.74, 6) is -1.26. The van der Waals surface area contributed by atoms with Crippen molar-refractivity contribution in [2.24, 2.45) is 0 Å². The lowest BCUT2D eigenvalue weighted by atomic mass is 10.0. The van der Waals surface area contributed by atoms with Gasteiger partial charge in [0, 0.05) is 17.2 Å². The molecule has 3 aromatic rings. The summed E-state index contributed by atoms with van der Waals surface area (Å²) in [6.45, 7) is 1.54.